The number of hydrogen-bond donors (Lipinski definition) is 0. The van der Waals surface area contributed by atoms with Crippen LogP contribution in [-0.2, 0) is 24.3 Å². The molecule has 2 aliphatic heterocycles. The number of halogens is 1. The normalized spacial score (nSPS) is 17.2. The van der Waals surface area contributed by atoms with Crippen molar-refractivity contribution in [3.63, 3.8) is 0 Å². The van der Waals surface area contributed by atoms with E-state index in [0.717, 1.165) is 48.6 Å². The summed E-state index contributed by atoms with van der Waals surface area (Å²) >= 11 is 6.54. The van der Waals surface area contributed by atoms with Crippen molar-refractivity contribution in [2.75, 3.05) is 18.0 Å². The van der Waals surface area contributed by atoms with Crippen LogP contribution >= 0.6 is 11.6 Å². The number of rotatable bonds is 5. The van der Waals surface area contributed by atoms with Crippen LogP contribution in [0.15, 0.2) is 59.4 Å². The van der Waals surface area contributed by atoms with Crippen molar-refractivity contribution < 1.29 is 4.79 Å². The minimum Gasteiger partial charge on any atom is -0.309 e. The molecule has 0 spiro atoms. The van der Waals surface area contributed by atoms with Crippen LogP contribution in [0.3, 0.4) is 0 Å². The quantitative estimate of drug-likeness (QED) is 0.593. The zero-order valence-corrected chi connectivity index (χ0v) is 19.0. The Morgan fingerprint density at radius 1 is 0.969 bits per heavy atom. The summed E-state index contributed by atoms with van der Waals surface area (Å²) < 4.78 is 3.65. The molecular formula is C25H27ClN4O2. The number of likely N-dealkylation sites (tertiary alicyclic amines) is 1. The molecule has 3 heterocycles. The fraction of sp³-hybridized carbons (Fsp3) is 0.360. The number of para-hydroxylation sites is 2. The number of amides is 1. The van der Waals surface area contributed by atoms with Crippen LogP contribution in [0.2, 0.25) is 5.02 Å². The van der Waals surface area contributed by atoms with Gasteiger partial charge >= 0.3 is 0 Å². The second kappa shape index (κ2) is 8.60. The third-order valence-corrected chi connectivity index (χ3v) is 7.02. The highest BCUT2D eigenvalue weighted by atomic mass is 35.5. The largest absolute Gasteiger partial charge is 0.309 e. The summed E-state index contributed by atoms with van der Waals surface area (Å²) in [6, 6.07) is 17.9. The maximum absolute atomic E-state index is 12.9. The maximum Gasteiger partial charge on any atom is 0.290 e. The van der Waals surface area contributed by atoms with E-state index in [4.69, 9.17) is 11.6 Å². The van der Waals surface area contributed by atoms with E-state index >= 15 is 0 Å². The van der Waals surface area contributed by atoms with E-state index < -0.39 is 0 Å². The summed E-state index contributed by atoms with van der Waals surface area (Å²) in [5, 5.41) is 0.293. The number of carbonyl (C=O) groups is 1. The highest BCUT2D eigenvalue weighted by Gasteiger charge is 2.35. The van der Waals surface area contributed by atoms with Crippen molar-refractivity contribution in [1.82, 2.24) is 14.3 Å². The molecule has 0 atom stereocenters. The SMILES string of the molecule is CCn1c(CN2CCC(N3C(=O)Cc4ccccc43)CC2)c(Cl)c(=O)n1-c1ccccc1. The maximum atomic E-state index is 12.9. The number of carbonyl (C=O) groups excluding carboxylic acids is 1. The van der Waals surface area contributed by atoms with Gasteiger partial charge in [-0.2, -0.15) is 0 Å². The lowest BCUT2D eigenvalue weighted by molar-refractivity contribution is -0.118. The highest BCUT2D eigenvalue weighted by Crippen LogP contribution is 2.33. The summed E-state index contributed by atoms with van der Waals surface area (Å²) in [7, 11) is 0. The number of nitrogens with zero attached hydrogens (tertiary/aromatic N) is 4. The lowest BCUT2D eigenvalue weighted by atomic mass is 10.0. The lowest BCUT2D eigenvalue weighted by Gasteiger charge is -2.37. The molecule has 0 bridgehead atoms. The molecule has 3 aromatic rings. The molecule has 2 aromatic carbocycles. The molecule has 2 aliphatic rings. The molecule has 0 unspecified atom stereocenters. The average Bonchev–Trinajstić information content (AvgIpc) is 3.28. The first-order valence-corrected chi connectivity index (χ1v) is 11.6. The Balaban J connectivity index is 1.33. The summed E-state index contributed by atoms with van der Waals surface area (Å²) in [4.78, 5) is 29.9. The van der Waals surface area contributed by atoms with Crippen molar-refractivity contribution in [3.8, 4) is 5.69 Å². The van der Waals surface area contributed by atoms with Gasteiger partial charge in [0.05, 0.1) is 17.8 Å². The van der Waals surface area contributed by atoms with Gasteiger partial charge in [0, 0.05) is 37.9 Å². The zero-order chi connectivity index (χ0) is 22.2. The van der Waals surface area contributed by atoms with Crippen molar-refractivity contribution in [2.45, 2.75) is 45.3 Å². The van der Waals surface area contributed by atoms with E-state index in [9.17, 15) is 9.59 Å². The molecule has 166 valence electrons. The van der Waals surface area contributed by atoms with E-state index in [1.165, 1.54) is 0 Å². The number of aromatic nitrogens is 2. The molecule has 1 fully saturated rings. The van der Waals surface area contributed by atoms with E-state index in [0.29, 0.717) is 24.5 Å². The van der Waals surface area contributed by atoms with Gasteiger partial charge in [-0.3, -0.25) is 19.2 Å². The fourth-order valence-corrected chi connectivity index (χ4v) is 5.33. The van der Waals surface area contributed by atoms with Gasteiger partial charge in [-0.05, 0) is 43.5 Å². The Bertz CT molecular complexity index is 1190. The smallest absolute Gasteiger partial charge is 0.290 e. The van der Waals surface area contributed by atoms with Gasteiger partial charge in [0.2, 0.25) is 5.91 Å². The second-order valence-corrected chi connectivity index (χ2v) is 8.88. The highest BCUT2D eigenvalue weighted by molar-refractivity contribution is 6.31. The molecule has 0 saturated carbocycles. The molecule has 32 heavy (non-hydrogen) atoms. The van der Waals surface area contributed by atoms with Crippen LogP contribution in [0.1, 0.15) is 31.0 Å². The summed E-state index contributed by atoms with van der Waals surface area (Å²) in [5.41, 5.74) is 3.69. The van der Waals surface area contributed by atoms with Crippen molar-refractivity contribution in [2.24, 2.45) is 0 Å². The van der Waals surface area contributed by atoms with Gasteiger partial charge < -0.3 is 4.90 Å². The van der Waals surface area contributed by atoms with Gasteiger partial charge in [0.15, 0.2) is 0 Å². The average molecular weight is 451 g/mol. The molecular weight excluding hydrogens is 424 g/mol. The molecule has 1 aromatic heterocycles. The Morgan fingerprint density at radius 3 is 2.38 bits per heavy atom. The molecule has 0 N–H and O–H groups in total. The summed E-state index contributed by atoms with van der Waals surface area (Å²) in [5.74, 6) is 0.201. The first-order valence-electron chi connectivity index (χ1n) is 11.3. The molecule has 6 nitrogen and oxygen atoms in total. The predicted molar refractivity (Wildman–Crippen MR) is 127 cm³/mol. The van der Waals surface area contributed by atoms with Crippen molar-refractivity contribution in [3.05, 3.63) is 81.2 Å². The Hall–Kier alpha value is -2.83. The van der Waals surface area contributed by atoms with E-state index in [-0.39, 0.29) is 17.5 Å². The van der Waals surface area contributed by atoms with Crippen LogP contribution in [0.25, 0.3) is 5.69 Å². The molecule has 1 amide bonds. The first kappa shape index (κ1) is 21.0. The van der Waals surface area contributed by atoms with E-state index in [1.807, 2.05) is 65.0 Å². The zero-order valence-electron chi connectivity index (χ0n) is 18.2. The predicted octanol–water partition coefficient (Wildman–Crippen LogP) is 3.87. The van der Waals surface area contributed by atoms with Crippen molar-refractivity contribution >= 4 is 23.2 Å². The lowest BCUT2D eigenvalue weighted by Crippen LogP contribution is -2.46. The number of piperidine rings is 1. The fourth-order valence-electron chi connectivity index (χ4n) is 5.09. The van der Waals surface area contributed by atoms with Gasteiger partial charge in [-0.1, -0.05) is 48.0 Å². The van der Waals surface area contributed by atoms with E-state index in [2.05, 4.69) is 11.0 Å². The monoisotopic (exact) mass is 450 g/mol. The molecule has 0 aliphatic carbocycles. The van der Waals surface area contributed by atoms with Crippen LogP contribution < -0.4 is 10.5 Å². The number of benzene rings is 2. The minimum absolute atomic E-state index is 0.177. The number of hydrogen-bond acceptors (Lipinski definition) is 3. The summed E-state index contributed by atoms with van der Waals surface area (Å²) in [6.45, 7) is 5.03. The van der Waals surface area contributed by atoms with Crippen molar-refractivity contribution in [1.29, 1.82) is 0 Å². The van der Waals surface area contributed by atoms with Crippen LogP contribution in [-0.4, -0.2) is 39.3 Å². The van der Waals surface area contributed by atoms with Gasteiger partial charge in [0.25, 0.3) is 5.56 Å². The molecule has 7 heteroatoms. The number of fused-ring (bicyclic) bond motifs is 1. The third-order valence-electron chi connectivity index (χ3n) is 6.64. The molecule has 5 rings (SSSR count). The van der Waals surface area contributed by atoms with Gasteiger partial charge in [-0.15, -0.1) is 0 Å². The van der Waals surface area contributed by atoms with Crippen LogP contribution in [0.4, 0.5) is 5.69 Å². The molecule has 0 radical (unpaired) electrons. The van der Waals surface area contributed by atoms with Gasteiger partial charge in [0.1, 0.15) is 5.02 Å². The first-order chi connectivity index (χ1) is 15.6. The standard InChI is InChI=1S/C25H27ClN4O2/c1-2-28-22(24(26)25(32)30(28)20-9-4-3-5-10-20)17-27-14-12-19(13-15-27)29-21-11-7-6-8-18(21)16-23(29)31/h3-11,19H,2,12-17H2,1H3. The topological polar surface area (TPSA) is 50.5 Å². The third kappa shape index (κ3) is 3.57. The number of anilines is 1. The summed E-state index contributed by atoms with van der Waals surface area (Å²) in [6.07, 6.45) is 2.32. The minimum atomic E-state index is -0.177. The van der Waals surface area contributed by atoms with Gasteiger partial charge in [-0.25, -0.2) is 4.68 Å². The second-order valence-electron chi connectivity index (χ2n) is 8.51. The van der Waals surface area contributed by atoms with E-state index in [1.54, 1.807) is 4.68 Å². The van der Waals surface area contributed by atoms with Crippen LogP contribution in [0.5, 0.6) is 0 Å². The van der Waals surface area contributed by atoms with Crippen LogP contribution in [0, 0.1) is 0 Å². The Kier molecular flexibility index (Phi) is 5.66. The Morgan fingerprint density at radius 2 is 1.66 bits per heavy atom. The molecule has 1 saturated heterocycles. The Labute approximate surface area is 192 Å².